The first-order chi connectivity index (χ1) is 7.61. The minimum absolute atomic E-state index is 0.681. The number of ether oxygens (including phenoxy) is 1. The Morgan fingerprint density at radius 2 is 2.19 bits per heavy atom. The number of hydrogen-bond donors (Lipinski definition) is 1. The molecule has 2 rings (SSSR count). The SMILES string of the molecule is COc1ccc(Cl)cc1-c1[nH]c(=S)sc1C. The van der Waals surface area contributed by atoms with E-state index >= 15 is 0 Å². The van der Waals surface area contributed by atoms with Crippen LogP contribution in [0.1, 0.15) is 4.88 Å². The highest BCUT2D eigenvalue weighted by atomic mass is 35.5. The maximum atomic E-state index is 5.99. The van der Waals surface area contributed by atoms with Crippen LogP contribution in [-0.2, 0) is 0 Å². The summed E-state index contributed by atoms with van der Waals surface area (Å²) in [5.41, 5.74) is 1.93. The summed E-state index contributed by atoms with van der Waals surface area (Å²) in [6.45, 7) is 2.02. The molecule has 0 radical (unpaired) electrons. The molecule has 84 valence electrons. The van der Waals surface area contributed by atoms with Crippen molar-refractivity contribution in [3.63, 3.8) is 0 Å². The van der Waals surface area contributed by atoms with Crippen molar-refractivity contribution in [2.45, 2.75) is 6.92 Å². The van der Waals surface area contributed by atoms with Gasteiger partial charge in [-0.1, -0.05) is 11.6 Å². The molecule has 1 heterocycles. The molecule has 0 aliphatic carbocycles. The minimum Gasteiger partial charge on any atom is -0.496 e. The second-order valence-corrected chi connectivity index (χ2v) is 5.62. The number of hydrogen-bond acceptors (Lipinski definition) is 3. The van der Waals surface area contributed by atoms with E-state index in [9.17, 15) is 0 Å². The Morgan fingerprint density at radius 1 is 1.44 bits per heavy atom. The van der Waals surface area contributed by atoms with Crippen molar-refractivity contribution in [3.05, 3.63) is 32.1 Å². The van der Waals surface area contributed by atoms with E-state index in [-0.39, 0.29) is 0 Å². The van der Waals surface area contributed by atoms with Gasteiger partial charge in [0.25, 0.3) is 0 Å². The molecule has 0 aliphatic heterocycles. The zero-order valence-corrected chi connectivity index (χ0v) is 11.2. The van der Waals surface area contributed by atoms with Crippen LogP contribution in [0, 0.1) is 10.9 Å². The quantitative estimate of drug-likeness (QED) is 0.817. The van der Waals surface area contributed by atoms with Gasteiger partial charge in [-0.25, -0.2) is 0 Å². The summed E-state index contributed by atoms with van der Waals surface area (Å²) >= 11 is 12.7. The number of aromatic nitrogens is 1. The van der Waals surface area contributed by atoms with Gasteiger partial charge in [-0.3, -0.25) is 0 Å². The first-order valence-electron chi connectivity index (χ1n) is 4.65. The van der Waals surface area contributed by atoms with Crippen LogP contribution in [0.25, 0.3) is 11.3 Å². The third-order valence-corrected chi connectivity index (χ3v) is 3.64. The lowest BCUT2D eigenvalue weighted by Crippen LogP contribution is -1.89. The van der Waals surface area contributed by atoms with Crippen LogP contribution in [0.3, 0.4) is 0 Å². The summed E-state index contributed by atoms with van der Waals surface area (Å²) in [5.74, 6) is 0.788. The van der Waals surface area contributed by atoms with Gasteiger partial charge in [-0.15, -0.1) is 11.3 Å². The molecule has 1 N–H and O–H groups in total. The van der Waals surface area contributed by atoms with E-state index in [1.807, 2.05) is 19.1 Å². The van der Waals surface area contributed by atoms with E-state index in [4.69, 9.17) is 28.6 Å². The Kier molecular flexibility index (Phi) is 3.33. The number of rotatable bonds is 2. The van der Waals surface area contributed by atoms with E-state index in [0.717, 1.165) is 25.8 Å². The predicted octanol–water partition coefficient (Wildman–Crippen LogP) is 4.44. The number of aryl methyl sites for hydroxylation is 1. The third-order valence-electron chi connectivity index (χ3n) is 2.26. The van der Waals surface area contributed by atoms with E-state index < -0.39 is 0 Å². The van der Waals surface area contributed by atoms with Crippen LogP contribution < -0.4 is 4.74 Å². The molecular weight excluding hydrogens is 262 g/mol. The van der Waals surface area contributed by atoms with Gasteiger partial charge in [-0.2, -0.15) is 0 Å². The van der Waals surface area contributed by atoms with E-state index in [1.54, 1.807) is 24.5 Å². The molecule has 0 saturated carbocycles. The Bertz CT molecular complexity index is 574. The molecule has 0 amide bonds. The summed E-state index contributed by atoms with van der Waals surface area (Å²) in [5, 5.41) is 0.681. The molecule has 0 atom stereocenters. The number of benzene rings is 1. The van der Waals surface area contributed by atoms with Crippen molar-refractivity contribution < 1.29 is 4.74 Å². The fourth-order valence-electron chi connectivity index (χ4n) is 1.54. The molecule has 16 heavy (non-hydrogen) atoms. The van der Waals surface area contributed by atoms with Crippen LogP contribution >= 0.6 is 35.2 Å². The van der Waals surface area contributed by atoms with Crippen LogP contribution in [0.4, 0.5) is 0 Å². The monoisotopic (exact) mass is 271 g/mol. The molecule has 0 spiro atoms. The average molecular weight is 272 g/mol. The topological polar surface area (TPSA) is 25.0 Å². The molecule has 0 aliphatic rings. The van der Waals surface area contributed by atoms with Crippen molar-refractivity contribution >= 4 is 35.2 Å². The first-order valence-corrected chi connectivity index (χ1v) is 6.25. The molecular formula is C11H10ClNOS2. The molecule has 5 heteroatoms. The number of nitrogens with one attached hydrogen (secondary N) is 1. The molecule has 2 nitrogen and oxygen atoms in total. The summed E-state index contributed by atoms with van der Waals surface area (Å²) in [4.78, 5) is 4.29. The van der Waals surface area contributed by atoms with Crippen molar-refractivity contribution in [1.29, 1.82) is 0 Å². The molecule has 0 bridgehead atoms. The number of aromatic amines is 1. The highest BCUT2D eigenvalue weighted by molar-refractivity contribution is 7.73. The van der Waals surface area contributed by atoms with Gasteiger partial charge in [0, 0.05) is 15.5 Å². The predicted molar refractivity (Wildman–Crippen MR) is 71.2 cm³/mol. The van der Waals surface area contributed by atoms with Gasteiger partial charge < -0.3 is 9.72 Å². The van der Waals surface area contributed by atoms with Gasteiger partial charge in [0.2, 0.25) is 0 Å². The van der Waals surface area contributed by atoms with Crippen LogP contribution in [-0.4, -0.2) is 12.1 Å². The highest BCUT2D eigenvalue weighted by Crippen LogP contribution is 2.34. The van der Waals surface area contributed by atoms with E-state index in [1.165, 1.54) is 0 Å². The van der Waals surface area contributed by atoms with Gasteiger partial charge >= 0.3 is 0 Å². The number of thiazole rings is 1. The Hall–Kier alpha value is -0.840. The molecule has 1 aromatic carbocycles. The normalized spacial score (nSPS) is 10.4. The summed E-state index contributed by atoms with van der Waals surface area (Å²) in [7, 11) is 1.64. The van der Waals surface area contributed by atoms with E-state index in [0.29, 0.717) is 5.02 Å². The number of H-pyrrole nitrogens is 1. The maximum absolute atomic E-state index is 5.99. The minimum atomic E-state index is 0.681. The lowest BCUT2D eigenvalue weighted by Gasteiger charge is -2.07. The number of halogens is 1. The average Bonchev–Trinajstić information content (AvgIpc) is 2.57. The fraction of sp³-hybridized carbons (Fsp3) is 0.182. The zero-order chi connectivity index (χ0) is 11.7. The zero-order valence-electron chi connectivity index (χ0n) is 8.83. The smallest absolute Gasteiger partial charge is 0.159 e. The van der Waals surface area contributed by atoms with Gasteiger partial charge in [0.1, 0.15) is 5.75 Å². The molecule has 0 saturated heterocycles. The van der Waals surface area contributed by atoms with E-state index in [2.05, 4.69) is 4.98 Å². The van der Waals surface area contributed by atoms with Crippen molar-refractivity contribution in [2.24, 2.45) is 0 Å². The second kappa shape index (κ2) is 4.57. The van der Waals surface area contributed by atoms with Crippen molar-refractivity contribution in [2.75, 3.05) is 7.11 Å². The lowest BCUT2D eigenvalue weighted by molar-refractivity contribution is 0.416. The summed E-state index contributed by atoms with van der Waals surface area (Å²) in [6.07, 6.45) is 0. The standard InChI is InChI=1S/C11H10ClNOS2/c1-6-10(13-11(15)16-6)8-5-7(12)3-4-9(8)14-2/h3-5H,1-2H3,(H,13,15). The Morgan fingerprint density at radius 3 is 2.75 bits per heavy atom. The van der Waals surface area contributed by atoms with Crippen LogP contribution in [0.2, 0.25) is 5.02 Å². The van der Waals surface area contributed by atoms with Gasteiger partial charge in [-0.05, 0) is 37.3 Å². The second-order valence-electron chi connectivity index (χ2n) is 3.29. The highest BCUT2D eigenvalue weighted by Gasteiger charge is 2.11. The van der Waals surface area contributed by atoms with Gasteiger partial charge in [0.05, 0.1) is 12.8 Å². The maximum Gasteiger partial charge on any atom is 0.159 e. The van der Waals surface area contributed by atoms with Crippen molar-refractivity contribution in [3.8, 4) is 17.0 Å². The Balaban J connectivity index is 2.67. The fourth-order valence-corrected chi connectivity index (χ4v) is 2.88. The molecule has 0 unspecified atom stereocenters. The third kappa shape index (κ3) is 2.14. The molecule has 0 fully saturated rings. The number of methoxy groups -OCH3 is 1. The molecule has 1 aromatic heterocycles. The first kappa shape index (κ1) is 11.6. The Labute approximate surface area is 108 Å². The van der Waals surface area contributed by atoms with Gasteiger partial charge in [0.15, 0.2) is 3.95 Å². The van der Waals surface area contributed by atoms with Crippen LogP contribution in [0.5, 0.6) is 5.75 Å². The summed E-state index contributed by atoms with van der Waals surface area (Å²) in [6, 6.07) is 5.53. The molecule has 2 aromatic rings. The summed E-state index contributed by atoms with van der Waals surface area (Å²) < 4.78 is 6.07. The lowest BCUT2D eigenvalue weighted by atomic mass is 10.1. The van der Waals surface area contributed by atoms with Crippen LogP contribution in [0.15, 0.2) is 18.2 Å². The largest absolute Gasteiger partial charge is 0.496 e. The van der Waals surface area contributed by atoms with Crippen molar-refractivity contribution in [1.82, 2.24) is 4.98 Å².